The molecule has 106 valence electrons. The zero-order chi connectivity index (χ0) is 14.0. The van der Waals surface area contributed by atoms with Gasteiger partial charge in [-0.3, -0.25) is 0 Å². The number of ether oxygens (including phenoxy) is 2. The summed E-state index contributed by atoms with van der Waals surface area (Å²) < 4.78 is 11.5. The zero-order valence-corrected chi connectivity index (χ0v) is 11.8. The average Bonchev–Trinajstić information content (AvgIpc) is 2.48. The molecule has 0 aromatic heterocycles. The second-order valence-electron chi connectivity index (χ2n) is 4.45. The Kier molecular flexibility index (Phi) is 5.93. The number of hydrogen-bond donors (Lipinski definition) is 1. The van der Waals surface area contributed by atoms with Gasteiger partial charge in [0.25, 0.3) is 0 Å². The van der Waals surface area contributed by atoms with E-state index >= 15 is 0 Å². The van der Waals surface area contributed by atoms with Crippen molar-refractivity contribution in [3.05, 3.63) is 54.6 Å². The van der Waals surface area contributed by atoms with Crippen LogP contribution >= 0.6 is 0 Å². The second kappa shape index (κ2) is 8.23. The van der Waals surface area contributed by atoms with Crippen LogP contribution in [0, 0.1) is 0 Å². The fourth-order valence-electron chi connectivity index (χ4n) is 1.82. The maximum atomic E-state index is 5.77. The van der Waals surface area contributed by atoms with Crippen molar-refractivity contribution < 1.29 is 9.47 Å². The van der Waals surface area contributed by atoms with Crippen molar-refractivity contribution in [2.24, 2.45) is 0 Å². The molecule has 3 heteroatoms. The van der Waals surface area contributed by atoms with E-state index in [2.05, 4.69) is 12.2 Å². The number of hydrogen-bond acceptors (Lipinski definition) is 3. The fraction of sp³-hybridized carbons (Fsp3) is 0.294. The van der Waals surface area contributed by atoms with Crippen LogP contribution in [0.4, 0.5) is 0 Å². The number of rotatable bonds is 8. The molecule has 2 rings (SSSR count). The minimum Gasteiger partial charge on any atom is -0.493 e. The highest BCUT2D eigenvalue weighted by Crippen LogP contribution is 2.24. The quantitative estimate of drug-likeness (QED) is 0.740. The molecule has 0 saturated heterocycles. The Morgan fingerprint density at radius 1 is 0.900 bits per heavy atom. The second-order valence-corrected chi connectivity index (χ2v) is 4.45. The monoisotopic (exact) mass is 271 g/mol. The van der Waals surface area contributed by atoms with Gasteiger partial charge >= 0.3 is 0 Å². The van der Waals surface area contributed by atoms with Gasteiger partial charge in [0.15, 0.2) is 0 Å². The Hall–Kier alpha value is -2.00. The largest absolute Gasteiger partial charge is 0.493 e. The van der Waals surface area contributed by atoms with E-state index in [9.17, 15) is 0 Å². The summed E-state index contributed by atoms with van der Waals surface area (Å²) in [6, 6.07) is 17.5. The van der Waals surface area contributed by atoms with E-state index in [1.54, 1.807) is 0 Å². The van der Waals surface area contributed by atoms with Crippen LogP contribution in [0.5, 0.6) is 17.2 Å². The standard InChI is InChI=1S/C17H21NO2/c1-2-18-12-7-13-19-16-10-6-11-17(14-16)20-15-8-4-3-5-9-15/h3-6,8-11,14,18H,2,7,12-13H2,1H3. The molecule has 0 bridgehead atoms. The van der Waals surface area contributed by atoms with Crippen molar-refractivity contribution in [1.82, 2.24) is 5.32 Å². The van der Waals surface area contributed by atoms with Crippen molar-refractivity contribution in [3.63, 3.8) is 0 Å². The van der Waals surface area contributed by atoms with Crippen LogP contribution in [0.2, 0.25) is 0 Å². The highest BCUT2D eigenvalue weighted by molar-refractivity contribution is 5.36. The minimum absolute atomic E-state index is 0.710. The fourth-order valence-corrected chi connectivity index (χ4v) is 1.82. The molecule has 0 aliphatic heterocycles. The van der Waals surface area contributed by atoms with Gasteiger partial charge in [-0.25, -0.2) is 0 Å². The van der Waals surface area contributed by atoms with Crippen LogP contribution < -0.4 is 14.8 Å². The van der Waals surface area contributed by atoms with Crippen LogP contribution in [0.25, 0.3) is 0 Å². The van der Waals surface area contributed by atoms with Crippen LogP contribution in [0.3, 0.4) is 0 Å². The summed E-state index contributed by atoms with van der Waals surface area (Å²) in [4.78, 5) is 0. The first-order chi connectivity index (χ1) is 9.88. The van der Waals surface area contributed by atoms with Gasteiger partial charge in [0.05, 0.1) is 6.61 Å². The van der Waals surface area contributed by atoms with Crippen molar-refractivity contribution in [2.45, 2.75) is 13.3 Å². The van der Waals surface area contributed by atoms with Gasteiger partial charge in [0.2, 0.25) is 0 Å². The van der Waals surface area contributed by atoms with Gasteiger partial charge in [-0.1, -0.05) is 31.2 Å². The highest BCUT2D eigenvalue weighted by atomic mass is 16.5. The average molecular weight is 271 g/mol. The summed E-state index contributed by atoms with van der Waals surface area (Å²) >= 11 is 0. The molecule has 0 aliphatic rings. The summed E-state index contributed by atoms with van der Waals surface area (Å²) in [6.07, 6.45) is 0.998. The van der Waals surface area contributed by atoms with Gasteiger partial charge < -0.3 is 14.8 Å². The van der Waals surface area contributed by atoms with Crippen LogP contribution in [0.15, 0.2) is 54.6 Å². The van der Waals surface area contributed by atoms with Gasteiger partial charge in [-0.15, -0.1) is 0 Å². The molecule has 0 spiro atoms. The Labute approximate surface area is 120 Å². The van der Waals surface area contributed by atoms with Gasteiger partial charge in [0.1, 0.15) is 17.2 Å². The van der Waals surface area contributed by atoms with Crippen molar-refractivity contribution in [2.75, 3.05) is 19.7 Å². The first-order valence-electron chi connectivity index (χ1n) is 7.05. The number of nitrogens with one attached hydrogen (secondary N) is 1. The first kappa shape index (κ1) is 14.4. The van der Waals surface area contributed by atoms with E-state index in [0.717, 1.165) is 36.8 Å². The zero-order valence-electron chi connectivity index (χ0n) is 11.8. The summed E-state index contributed by atoms with van der Waals surface area (Å²) in [7, 11) is 0. The normalized spacial score (nSPS) is 10.2. The molecule has 0 unspecified atom stereocenters. The Morgan fingerprint density at radius 2 is 1.65 bits per heavy atom. The summed E-state index contributed by atoms with van der Waals surface area (Å²) in [5.41, 5.74) is 0. The molecule has 0 fully saturated rings. The minimum atomic E-state index is 0.710. The molecule has 0 saturated carbocycles. The molecule has 3 nitrogen and oxygen atoms in total. The molecule has 0 radical (unpaired) electrons. The maximum Gasteiger partial charge on any atom is 0.131 e. The lowest BCUT2D eigenvalue weighted by Crippen LogP contribution is -2.16. The predicted octanol–water partition coefficient (Wildman–Crippen LogP) is 3.86. The van der Waals surface area contributed by atoms with E-state index in [0.29, 0.717) is 6.61 Å². The van der Waals surface area contributed by atoms with Gasteiger partial charge in [-0.2, -0.15) is 0 Å². The van der Waals surface area contributed by atoms with E-state index in [1.807, 2.05) is 54.6 Å². The van der Waals surface area contributed by atoms with E-state index in [4.69, 9.17) is 9.47 Å². The van der Waals surface area contributed by atoms with E-state index in [-0.39, 0.29) is 0 Å². The van der Waals surface area contributed by atoms with Crippen molar-refractivity contribution in [3.8, 4) is 17.2 Å². The molecule has 0 aliphatic carbocycles. The molecular weight excluding hydrogens is 250 g/mol. The molecule has 2 aromatic carbocycles. The van der Waals surface area contributed by atoms with Gasteiger partial charge in [0, 0.05) is 6.07 Å². The third kappa shape index (κ3) is 4.94. The van der Waals surface area contributed by atoms with E-state index in [1.165, 1.54) is 0 Å². The first-order valence-corrected chi connectivity index (χ1v) is 7.05. The van der Waals surface area contributed by atoms with Crippen LogP contribution in [-0.4, -0.2) is 19.7 Å². The molecular formula is C17H21NO2. The molecule has 20 heavy (non-hydrogen) atoms. The molecule has 0 heterocycles. The van der Waals surface area contributed by atoms with Gasteiger partial charge in [-0.05, 0) is 43.8 Å². The number of benzene rings is 2. The summed E-state index contributed by atoms with van der Waals surface area (Å²) in [6.45, 7) is 4.80. The lowest BCUT2D eigenvalue weighted by Gasteiger charge is -2.09. The lowest BCUT2D eigenvalue weighted by molar-refractivity contribution is 0.307. The highest BCUT2D eigenvalue weighted by Gasteiger charge is 1.99. The Bertz CT molecular complexity index is 499. The van der Waals surface area contributed by atoms with Crippen molar-refractivity contribution in [1.29, 1.82) is 0 Å². The molecule has 2 aromatic rings. The molecule has 0 amide bonds. The smallest absolute Gasteiger partial charge is 0.131 e. The predicted molar refractivity (Wildman–Crippen MR) is 81.6 cm³/mol. The molecule has 1 N–H and O–H groups in total. The Morgan fingerprint density at radius 3 is 2.45 bits per heavy atom. The third-order valence-electron chi connectivity index (χ3n) is 2.80. The summed E-state index contributed by atoms with van der Waals surface area (Å²) in [5.74, 6) is 2.46. The topological polar surface area (TPSA) is 30.5 Å². The van der Waals surface area contributed by atoms with Crippen molar-refractivity contribution >= 4 is 0 Å². The Balaban J connectivity index is 1.84. The van der Waals surface area contributed by atoms with Crippen LogP contribution in [-0.2, 0) is 0 Å². The van der Waals surface area contributed by atoms with Crippen LogP contribution in [0.1, 0.15) is 13.3 Å². The van der Waals surface area contributed by atoms with E-state index < -0.39 is 0 Å². The molecule has 0 atom stereocenters. The lowest BCUT2D eigenvalue weighted by atomic mass is 10.3. The SMILES string of the molecule is CCNCCCOc1cccc(Oc2ccccc2)c1. The maximum absolute atomic E-state index is 5.77. The number of para-hydroxylation sites is 1. The third-order valence-corrected chi connectivity index (χ3v) is 2.80. The summed E-state index contributed by atoms with van der Waals surface area (Å²) in [5, 5.41) is 3.27.